The number of rotatable bonds is 6. The first-order valence-electron chi connectivity index (χ1n) is 9.71. The van der Waals surface area contributed by atoms with Gasteiger partial charge in [-0.15, -0.1) is 0 Å². The summed E-state index contributed by atoms with van der Waals surface area (Å²) in [5.74, 6) is -0.00780. The predicted octanol–water partition coefficient (Wildman–Crippen LogP) is 4.87. The van der Waals surface area contributed by atoms with Crippen molar-refractivity contribution in [2.45, 2.75) is 32.9 Å². The van der Waals surface area contributed by atoms with E-state index in [0.29, 0.717) is 26.0 Å². The van der Waals surface area contributed by atoms with Crippen LogP contribution in [-0.4, -0.2) is 42.6 Å². The minimum atomic E-state index is -0.651. The van der Waals surface area contributed by atoms with E-state index in [9.17, 15) is 14.4 Å². The van der Waals surface area contributed by atoms with E-state index in [1.54, 1.807) is 6.07 Å². The Hall–Kier alpha value is -2.79. The zero-order valence-corrected chi connectivity index (χ0v) is 21.7. The van der Waals surface area contributed by atoms with Crippen molar-refractivity contribution in [1.82, 2.24) is 10.2 Å². The standard InChI is InChI=1S/C22H22Br2N2O7/c1-22(2,3)33-18-15(30-4)9-11(16(23)17(18)24)8-13-19(27)26(21(29)25-13)10-12-6-7-14(32-12)20(28)31-5/h6-9H,10H2,1-5H3,(H,25,29)/b13-8-. The van der Waals surface area contributed by atoms with Crippen LogP contribution >= 0.6 is 31.9 Å². The molecule has 3 amide bonds. The molecule has 0 atom stereocenters. The van der Waals surface area contributed by atoms with E-state index in [-0.39, 0.29) is 23.8 Å². The second kappa shape index (κ2) is 9.60. The van der Waals surface area contributed by atoms with Crippen molar-refractivity contribution >= 4 is 55.8 Å². The number of hydrogen-bond donors (Lipinski definition) is 1. The van der Waals surface area contributed by atoms with Crippen molar-refractivity contribution in [3.8, 4) is 11.5 Å². The molecule has 33 heavy (non-hydrogen) atoms. The largest absolute Gasteiger partial charge is 0.493 e. The van der Waals surface area contributed by atoms with Gasteiger partial charge in [0, 0.05) is 4.47 Å². The molecule has 9 nitrogen and oxygen atoms in total. The van der Waals surface area contributed by atoms with Crippen LogP contribution in [0, 0.1) is 0 Å². The van der Waals surface area contributed by atoms with Crippen LogP contribution in [-0.2, 0) is 16.1 Å². The second-order valence-corrected chi connectivity index (χ2v) is 9.56. The van der Waals surface area contributed by atoms with Crippen molar-refractivity contribution in [1.29, 1.82) is 0 Å². The average molecular weight is 586 g/mol. The lowest BCUT2D eigenvalue weighted by Gasteiger charge is -2.24. The van der Waals surface area contributed by atoms with Crippen LogP contribution in [0.15, 0.2) is 37.3 Å². The van der Waals surface area contributed by atoms with Gasteiger partial charge in [-0.3, -0.25) is 9.69 Å². The normalized spacial score (nSPS) is 15.1. The van der Waals surface area contributed by atoms with Gasteiger partial charge < -0.3 is 23.9 Å². The molecule has 0 spiro atoms. The number of carbonyl (C=O) groups is 3. The Kier molecular flexibility index (Phi) is 7.23. The third-order valence-corrected chi connectivity index (χ3v) is 6.55. The highest BCUT2D eigenvalue weighted by molar-refractivity contribution is 9.13. The summed E-state index contributed by atoms with van der Waals surface area (Å²) < 4.78 is 22.6. The predicted molar refractivity (Wildman–Crippen MR) is 126 cm³/mol. The summed E-state index contributed by atoms with van der Waals surface area (Å²) in [6.07, 6.45) is 1.53. The first kappa shape index (κ1) is 24.8. The van der Waals surface area contributed by atoms with Crippen LogP contribution in [0.3, 0.4) is 0 Å². The van der Waals surface area contributed by atoms with E-state index in [1.807, 2.05) is 20.8 Å². The van der Waals surface area contributed by atoms with Crippen molar-refractivity contribution in [3.05, 3.63) is 49.9 Å². The molecule has 1 N–H and O–H groups in total. The highest BCUT2D eigenvalue weighted by Gasteiger charge is 2.35. The number of ether oxygens (including phenoxy) is 3. The number of hydrogen-bond acceptors (Lipinski definition) is 7. The number of benzene rings is 1. The Morgan fingerprint density at radius 2 is 1.88 bits per heavy atom. The van der Waals surface area contributed by atoms with Crippen molar-refractivity contribution in [2.75, 3.05) is 14.2 Å². The van der Waals surface area contributed by atoms with E-state index in [1.165, 1.54) is 32.4 Å². The van der Waals surface area contributed by atoms with E-state index in [0.717, 1.165) is 4.90 Å². The molecule has 0 unspecified atom stereocenters. The van der Waals surface area contributed by atoms with E-state index < -0.39 is 23.5 Å². The molecular formula is C22H22Br2N2O7. The maximum Gasteiger partial charge on any atom is 0.373 e. The zero-order chi connectivity index (χ0) is 24.5. The number of imide groups is 1. The highest BCUT2D eigenvalue weighted by Crippen LogP contribution is 2.44. The molecule has 1 fully saturated rings. The Balaban J connectivity index is 1.89. The number of carbonyl (C=O) groups excluding carboxylic acids is 3. The van der Waals surface area contributed by atoms with Gasteiger partial charge in [-0.2, -0.15) is 0 Å². The van der Waals surface area contributed by atoms with Crippen molar-refractivity contribution in [2.24, 2.45) is 0 Å². The lowest BCUT2D eigenvalue weighted by atomic mass is 10.1. The van der Waals surface area contributed by atoms with Gasteiger partial charge in [-0.05, 0) is 82.5 Å². The lowest BCUT2D eigenvalue weighted by Crippen LogP contribution is -2.30. The molecule has 1 aliphatic heterocycles. The summed E-state index contributed by atoms with van der Waals surface area (Å²) in [4.78, 5) is 37.8. The molecule has 0 radical (unpaired) electrons. The number of methoxy groups -OCH3 is 2. The van der Waals surface area contributed by atoms with Crippen LogP contribution in [0.2, 0.25) is 0 Å². The fourth-order valence-corrected chi connectivity index (χ4v) is 3.88. The minimum absolute atomic E-state index is 0.0197. The quantitative estimate of drug-likeness (QED) is 0.293. The fraction of sp³-hybridized carbons (Fsp3) is 0.318. The first-order valence-corrected chi connectivity index (χ1v) is 11.3. The molecule has 0 saturated carbocycles. The number of amides is 3. The molecule has 2 aromatic rings. The van der Waals surface area contributed by atoms with Crippen molar-refractivity contribution < 1.29 is 33.0 Å². The lowest BCUT2D eigenvalue weighted by molar-refractivity contribution is -0.123. The molecule has 2 heterocycles. The maximum absolute atomic E-state index is 12.9. The Morgan fingerprint density at radius 1 is 1.18 bits per heavy atom. The van der Waals surface area contributed by atoms with E-state index in [2.05, 4.69) is 41.9 Å². The SMILES string of the molecule is COC(=O)c1ccc(CN2C(=O)N/C(=C\c3cc(OC)c(OC(C)(C)C)c(Br)c3Br)C2=O)o1. The molecule has 1 aromatic heterocycles. The first-order chi connectivity index (χ1) is 15.4. The van der Waals surface area contributed by atoms with Gasteiger partial charge in [0.05, 0.1) is 25.2 Å². The van der Waals surface area contributed by atoms with Gasteiger partial charge in [-0.1, -0.05) is 0 Å². The third-order valence-electron chi connectivity index (χ3n) is 4.41. The fourth-order valence-electron chi connectivity index (χ4n) is 2.96. The molecular weight excluding hydrogens is 564 g/mol. The van der Waals surface area contributed by atoms with Gasteiger partial charge in [0.15, 0.2) is 11.5 Å². The van der Waals surface area contributed by atoms with Crippen LogP contribution in [0.25, 0.3) is 6.08 Å². The molecule has 0 bridgehead atoms. The molecule has 1 aliphatic rings. The number of esters is 1. The van der Waals surface area contributed by atoms with Crippen LogP contribution in [0.5, 0.6) is 11.5 Å². The summed E-state index contributed by atoms with van der Waals surface area (Å²) in [5, 5.41) is 2.56. The monoisotopic (exact) mass is 584 g/mol. The van der Waals surface area contributed by atoms with E-state index >= 15 is 0 Å². The van der Waals surface area contributed by atoms with Gasteiger partial charge >= 0.3 is 12.0 Å². The Labute approximate surface area is 207 Å². The molecule has 1 saturated heterocycles. The van der Waals surface area contributed by atoms with Gasteiger partial charge in [0.2, 0.25) is 5.76 Å². The number of nitrogens with one attached hydrogen (secondary N) is 1. The smallest absolute Gasteiger partial charge is 0.373 e. The van der Waals surface area contributed by atoms with Crippen LogP contribution < -0.4 is 14.8 Å². The van der Waals surface area contributed by atoms with Crippen LogP contribution in [0.4, 0.5) is 4.79 Å². The topological polar surface area (TPSA) is 107 Å². The molecule has 1 aromatic carbocycles. The molecule has 176 valence electrons. The number of halogens is 2. The number of nitrogens with zero attached hydrogens (tertiary/aromatic N) is 1. The Morgan fingerprint density at radius 3 is 2.48 bits per heavy atom. The second-order valence-electron chi connectivity index (χ2n) is 7.98. The summed E-state index contributed by atoms with van der Waals surface area (Å²) in [6, 6.07) is 4.00. The van der Waals surface area contributed by atoms with Gasteiger partial charge in [-0.25, -0.2) is 9.59 Å². The van der Waals surface area contributed by atoms with E-state index in [4.69, 9.17) is 13.9 Å². The molecule has 11 heteroatoms. The minimum Gasteiger partial charge on any atom is -0.493 e. The van der Waals surface area contributed by atoms with Crippen LogP contribution in [0.1, 0.15) is 42.6 Å². The average Bonchev–Trinajstić information content (AvgIpc) is 3.32. The summed E-state index contributed by atoms with van der Waals surface area (Å²) in [5.41, 5.74) is 0.181. The summed E-state index contributed by atoms with van der Waals surface area (Å²) in [6.45, 7) is 5.59. The zero-order valence-electron chi connectivity index (χ0n) is 18.6. The number of furan rings is 1. The third kappa shape index (κ3) is 5.41. The molecule has 0 aliphatic carbocycles. The van der Waals surface area contributed by atoms with Gasteiger partial charge in [0.25, 0.3) is 5.91 Å². The van der Waals surface area contributed by atoms with Crippen molar-refractivity contribution in [3.63, 3.8) is 0 Å². The summed E-state index contributed by atoms with van der Waals surface area (Å²) >= 11 is 7.03. The summed E-state index contributed by atoms with van der Waals surface area (Å²) in [7, 11) is 2.74. The maximum atomic E-state index is 12.9. The molecule has 3 rings (SSSR count). The van der Waals surface area contributed by atoms with Gasteiger partial charge in [0.1, 0.15) is 17.1 Å². The highest BCUT2D eigenvalue weighted by atomic mass is 79.9. The number of urea groups is 1. The Bertz CT molecular complexity index is 1150.